The van der Waals surface area contributed by atoms with Gasteiger partial charge in [0.2, 0.25) is 0 Å². The molecule has 0 N–H and O–H groups in total. The summed E-state index contributed by atoms with van der Waals surface area (Å²) in [5.41, 5.74) is 6.59. The molecule has 2 aliphatic heterocycles. The number of methoxy groups -OCH3 is 1. The van der Waals surface area contributed by atoms with Crippen molar-refractivity contribution in [3.05, 3.63) is 51.8 Å². The number of aromatic nitrogens is 2. The molecule has 4 heterocycles. The quantitative estimate of drug-likeness (QED) is 0.179. The molecule has 3 aromatic rings. The summed E-state index contributed by atoms with van der Waals surface area (Å²) in [6.07, 6.45) is 7.37. The van der Waals surface area contributed by atoms with Gasteiger partial charge in [-0.25, -0.2) is 0 Å². The van der Waals surface area contributed by atoms with Crippen molar-refractivity contribution < 1.29 is 23.7 Å². The minimum atomic E-state index is -0.294. The maximum Gasteiger partial charge on any atom is 0.302 e. The zero-order valence-corrected chi connectivity index (χ0v) is 29.0. The number of nitrogens with zero attached hydrogens (tertiary/aromatic N) is 3. The van der Waals surface area contributed by atoms with Crippen molar-refractivity contribution >= 4 is 32.8 Å². The number of esters is 1. The van der Waals surface area contributed by atoms with Crippen LogP contribution in [-0.4, -0.2) is 79.2 Å². The maximum absolute atomic E-state index is 11.8. The zero-order chi connectivity index (χ0) is 31.7. The van der Waals surface area contributed by atoms with E-state index in [1.165, 1.54) is 36.3 Å². The molecule has 2 aromatic heterocycles. The lowest BCUT2D eigenvalue weighted by molar-refractivity contribution is -0.143. The molecule has 0 amide bonds. The summed E-state index contributed by atoms with van der Waals surface area (Å²) < 4.78 is 26.9. The molecule has 3 fully saturated rings. The highest BCUT2D eigenvalue weighted by atomic mass is 79.9. The largest absolute Gasteiger partial charge is 0.465 e. The molecule has 3 aliphatic rings. The second-order valence-corrected chi connectivity index (χ2v) is 14.8. The molecule has 1 saturated carbocycles. The van der Waals surface area contributed by atoms with Crippen molar-refractivity contribution in [3.8, 4) is 11.3 Å². The van der Waals surface area contributed by atoms with E-state index in [1.807, 2.05) is 0 Å². The summed E-state index contributed by atoms with van der Waals surface area (Å²) in [5.74, 6) is 0.226. The Balaban J connectivity index is 1.47. The standard InChI is InChI=1S/C36H48BrN3O5/c1-23(42-5)34-31(16-25(19-38-34)26-20-39(21-26)28-7-8-28)35-32(18-36(3,4)22-45-24(2)41)30-17-27(37)6-9-33(30)40(35)12-15-44-29-10-13-43-14-11-29/h6,9,16-17,19,23,26,28-29H,7-8,10-15,18,20-22H2,1-5H3/t23-/m0/s1. The third-order valence-electron chi connectivity index (χ3n) is 9.67. The van der Waals surface area contributed by atoms with Crippen LogP contribution < -0.4 is 0 Å². The number of hydrogen-bond donors (Lipinski definition) is 0. The van der Waals surface area contributed by atoms with Crippen molar-refractivity contribution in [2.45, 2.75) is 90.5 Å². The highest BCUT2D eigenvalue weighted by Gasteiger charge is 2.39. The van der Waals surface area contributed by atoms with Gasteiger partial charge in [0, 0.05) is 91.4 Å². The van der Waals surface area contributed by atoms with Crippen LogP contribution in [0.2, 0.25) is 0 Å². The van der Waals surface area contributed by atoms with E-state index in [2.05, 4.69) is 76.6 Å². The molecule has 244 valence electrons. The maximum atomic E-state index is 11.8. The molecule has 8 nitrogen and oxygen atoms in total. The first kappa shape index (κ1) is 32.6. The van der Waals surface area contributed by atoms with E-state index in [0.717, 1.165) is 78.5 Å². The fraction of sp³-hybridized carbons (Fsp3) is 0.611. The van der Waals surface area contributed by atoms with E-state index < -0.39 is 0 Å². The molecule has 45 heavy (non-hydrogen) atoms. The Bertz CT molecular complexity index is 1500. The van der Waals surface area contributed by atoms with Gasteiger partial charge < -0.3 is 23.5 Å². The SMILES string of the molecule is CO[C@@H](C)c1ncc(C2CN(C3CC3)C2)cc1-c1c(CC(C)(C)COC(C)=O)c2cc(Br)ccc2n1CCOC1CCOCC1. The number of ether oxygens (including phenoxy) is 4. The molecule has 9 heteroatoms. The van der Waals surface area contributed by atoms with Gasteiger partial charge in [-0.15, -0.1) is 0 Å². The number of halogens is 1. The van der Waals surface area contributed by atoms with Crippen LogP contribution in [0.25, 0.3) is 22.2 Å². The highest BCUT2D eigenvalue weighted by molar-refractivity contribution is 9.10. The lowest BCUT2D eigenvalue weighted by Crippen LogP contribution is -2.46. The first-order chi connectivity index (χ1) is 21.6. The van der Waals surface area contributed by atoms with E-state index in [-0.39, 0.29) is 23.6 Å². The topological polar surface area (TPSA) is 75.1 Å². The number of benzene rings is 1. The van der Waals surface area contributed by atoms with Crippen LogP contribution in [0, 0.1) is 5.41 Å². The lowest BCUT2D eigenvalue weighted by Gasteiger charge is -2.40. The van der Waals surface area contributed by atoms with Crippen molar-refractivity contribution in [1.29, 1.82) is 0 Å². The lowest BCUT2D eigenvalue weighted by atomic mass is 9.83. The summed E-state index contributed by atoms with van der Waals surface area (Å²) in [4.78, 5) is 19.5. The monoisotopic (exact) mass is 681 g/mol. The van der Waals surface area contributed by atoms with Crippen molar-refractivity contribution in [3.63, 3.8) is 0 Å². The van der Waals surface area contributed by atoms with Gasteiger partial charge in [-0.2, -0.15) is 0 Å². The van der Waals surface area contributed by atoms with Gasteiger partial charge in [-0.3, -0.25) is 14.7 Å². The molecule has 1 aliphatic carbocycles. The highest BCUT2D eigenvalue weighted by Crippen LogP contribution is 2.43. The Morgan fingerprint density at radius 1 is 1.16 bits per heavy atom. The number of fused-ring (bicyclic) bond motifs is 1. The third-order valence-corrected chi connectivity index (χ3v) is 10.2. The van der Waals surface area contributed by atoms with Crippen LogP contribution in [0.15, 0.2) is 34.9 Å². The fourth-order valence-electron chi connectivity index (χ4n) is 6.90. The normalized spacial score (nSPS) is 19.2. The zero-order valence-electron chi connectivity index (χ0n) is 27.4. The van der Waals surface area contributed by atoms with Crippen molar-refractivity contribution in [2.75, 3.05) is 46.6 Å². The summed E-state index contributed by atoms with van der Waals surface area (Å²) in [5, 5.41) is 1.19. The van der Waals surface area contributed by atoms with E-state index in [0.29, 0.717) is 25.7 Å². The van der Waals surface area contributed by atoms with Crippen molar-refractivity contribution in [1.82, 2.24) is 14.5 Å². The predicted molar refractivity (Wildman–Crippen MR) is 180 cm³/mol. The third kappa shape index (κ3) is 7.49. The van der Waals surface area contributed by atoms with Crippen LogP contribution in [-0.2, 0) is 36.7 Å². The average molecular weight is 683 g/mol. The molecule has 2 saturated heterocycles. The summed E-state index contributed by atoms with van der Waals surface area (Å²) >= 11 is 3.76. The van der Waals surface area contributed by atoms with Crippen LogP contribution in [0.1, 0.15) is 82.2 Å². The Hall–Kier alpha value is -2.30. The van der Waals surface area contributed by atoms with Gasteiger partial charge in [0.15, 0.2) is 0 Å². The summed E-state index contributed by atoms with van der Waals surface area (Å²) in [7, 11) is 1.75. The molecule has 1 aromatic carbocycles. The van der Waals surface area contributed by atoms with Crippen LogP contribution >= 0.6 is 15.9 Å². The minimum Gasteiger partial charge on any atom is -0.465 e. The molecular formula is C36H48BrN3O5. The summed E-state index contributed by atoms with van der Waals surface area (Å²) in [6, 6.07) is 9.71. The Labute approximate surface area is 275 Å². The van der Waals surface area contributed by atoms with Gasteiger partial charge >= 0.3 is 5.97 Å². The van der Waals surface area contributed by atoms with Crippen LogP contribution in [0.4, 0.5) is 0 Å². The Morgan fingerprint density at radius 3 is 2.60 bits per heavy atom. The van der Waals surface area contributed by atoms with E-state index in [4.69, 9.17) is 23.9 Å². The van der Waals surface area contributed by atoms with E-state index in [9.17, 15) is 4.79 Å². The molecule has 0 bridgehead atoms. The number of hydrogen-bond acceptors (Lipinski definition) is 7. The van der Waals surface area contributed by atoms with Gasteiger partial charge in [0.05, 0.1) is 36.8 Å². The minimum absolute atomic E-state index is 0.183. The van der Waals surface area contributed by atoms with Gasteiger partial charge in [-0.05, 0) is 74.4 Å². The number of pyridine rings is 1. The number of carbonyl (C=O) groups excluding carboxylic acids is 1. The first-order valence-electron chi connectivity index (χ1n) is 16.5. The molecule has 1 atom stereocenters. The number of rotatable bonds is 13. The van der Waals surface area contributed by atoms with Crippen molar-refractivity contribution in [2.24, 2.45) is 5.41 Å². The molecule has 6 rings (SSSR count). The van der Waals surface area contributed by atoms with Crippen LogP contribution in [0.3, 0.4) is 0 Å². The Kier molecular flexibility index (Phi) is 10.0. The van der Waals surface area contributed by atoms with Gasteiger partial charge in [0.25, 0.3) is 0 Å². The van der Waals surface area contributed by atoms with Crippen LogP contribution in [0.5, 0.6) is 0 Å². The van der Waals surface area contributed by atoms with Gasteiger partial charge in [-0.1, -0.05) is 29.8 Å². The smallest absolute Gasteiger partial charge is 0.302 e. The summed E-state index contributed by atoms with van der Waals surface area (Å²) in [6.45, 7) is 13.3. The average Bonchev–Trinajstić information content (AvgIpc) is 3.79. The second kappa shape index (κ2) is 13.8. The van der Waals surface area contributed by atoms with E-state index in [1.54, 1.807) is 7.11 Å². The molecule has 0 spiro atoms. The Morgan fingerprint density at radius 2 is 1.91 bits per heavy atom. The first-order valence-corrected chi connectivity index (χ1v) is 17.3. The molecule has 0 radical (unpaired) electrons. The number of likely N-dealkylation sites (tertiary alicyclic amines) is 1. The molecule has 0 unspecified atom stereocenters. The van der Waals surface area contributed by atoms with Gasteiger partial charge in [0.1, 0.15) is 0 Å². The molecular weight excluding hydrogens is 634 g/mol. The predicted octanol–water partition coefficient (Wildman–Crippen LogP) is 7.06. The van der Waals surface area contributed by atoms with E-state index >= 15 is 0 Å². The number of carbonyl (C=O) groups is 1. The fourth-order valence-corrected chi connectivity index (χ4v) is 7.26. The second-order valence-electron chi connectivity index (χ2n) is 13.9.